The summed E-state index contributed by atoms with van der Waals surface area (Å²) in [6, 6.07) is -0.181. The fourth-order valence-corrected chi connectivity index (χ4v) is 1.70. The highest BCUT2D eigenvalue weighted by Crippen LogP contribution is 2.20. The van der Waals surface area contributed by atoms with E-state index >= 15 is 0 Å². The zero-order valence-electron chi connectivity index (χ0n) is 12.4. The van der Waals surface area contributed by atoms with Crippen molar-refractivity contribution < 1.29 is 4.79 Å². The van der Waals surface area contributed by atoms with Gasteiger partial charge in [0.1, 0.15) is 0 Å². The van der Waals surface area contributed by atoms with E-state index < -0.39 is 6.04 Å². The van der Waals surface area contributed by atoms with E-state index in [1.165, 1.54) is 12.8 Å². The van der Waals surface area contributed by atoms with Crippen molar-refractivity contribution in [3.63, 3.8) is 0 Å². The van der Waals surface area contributed by atoms with Crippen LogP contribution in [0.15, 0.2) is 0 Å². The number of carbonyl (C=O) groups is 1. The van der Waals surface area contributed by atoms with Crippen LogP contribution in [-0.4, -0.2) is 29.4 Å². The lowest BCUT2D eigenvalue weighted by Gasteiger charge is -2.34. The summed E-state index contributed by atoms with van der Waals surface area (Å²) < 4.78 is 0. The molecule has 102 valence electrons. The molecule has 0 saturated carbocycles. The lowest BCUT2D eigenvalue weighted by Crippen LogP contribution is -2.52. The molecule has 0 heterocycles. The number of rotatable bonds is 6. The molecular weight excluding hydrogens is 212 g/mol. The molecule has 0 aromatic rings. The van der Waals surface area contributed by atoms with Crippen LogP contribution < -0.4 is 5.73 Å². The summed E-state index contributed by atoms with van der Waals surface area (Å²) in [7, 11) is 0. The Bertz CT molecular complexity index is 231. The van der Waals surface area contributed by atoms with Crippen LogP contribution in [0.3, 0.4) is 0 Å². The SMILES string of the molecule is CCCCCN(C(=O)[C@H](N)C(C)(C)C)C(C)C. The van der Waals surface area contributed by atoms with Crippen molar-refractivity contribution in [2.75, 3.05) is 6.54 Å². The molecule has 0 spiro atoms. The van der Waals surface area contributed by atoms with Crippen molar-refractivity contribution in [1.82, 2.24) is 4.90 Å². The first-order chi connectivity index (χ1) is 7.71. The Morgan fingerprint density at radius 2 is 1.76 bits per heavy atom. The highest BCUT2D eigenvalue weighted by Gasteiger charge is 2.31. The molecule has 2 N–H and O–H groups in total. The minimum absolute atomic E-state index is 0.0867. The number of hydrogen-bond acceptors (Lipinski definition) is 2. The van der Waals surface area contributed by atoms with E-state index in [1.54, 1.807) is 0 Å². The van der Waals surface area contributed by atoms with Gasteiger partial charge in [0.05, 0.1) is 6.04 Å². The Morgan fingerprint density at radius 1 is 1.24 bits per heavy atom. The van der Waals surface area contributed by atoms with E-state index in [2.05, 4.69) is 20.8 Å². The van der Waals surface area contributed by atoms with Gasteiger partial charge in [0.15, 0.2) is 0 Å². The first-order valence-corrected chi connectivity index (χ1v) is 6.77. The standard InChI is InChI=1S/C14H30N2O/c1-7-8-9-10-16(11(2)3)13(17)12(15)14(4,5)6/h11-12H,7-10,15H2,1-6H3/t12-/m0/s1. The molecule has 0 aliphatic rings. The van der Waals surface area contributed by atoms with Gasteiger partial charge in [0.2, 0.25) is 5.91 Å². The van der Waals surface area contributed by atoms with Crippen LogP contribution in [0.2, 0.25) is 0 Å². The van der Waals surface area contributed by atoms with Crippen LogP contribution in [0.1, 0.15) is 60.8 Å². The van der Waals surface area contributed by atoms with Gasteiger partial charge in [-0.1, -0.05) is 40.5 Å². The molecule has 0 aromatic heterocycles. The second-order valence-corrected chi connectivity index (χ2v) is 6.18. The number of nitrogens with zero attached hydrogens (tertiary/aromatic N) is 1. The minimum atomic E-state index is -0.411. The molecule has 0 aliphatic heterocycles. The molecule has 0 saturated heterocycles. The third-order valence-corrected chi connectivity index (χ3v) is 3.11. The molecule has 1 atom stereocenters. The first kappa shape index (κ1) is 16.4. The highest BCUT2D eigenvalue weighted by molar-refractivity contribution is 5.82. The summed E-state index contributed by atoms with van der Waals surface area (Å²) in [4.78, 5) is 14.2. The first-order valence-electron chi connectivity index (χ1n) is 6.77. The minimum Gasteiger partial charge on any atom is -0.339 e. The molecule has 0 unspecified atom stereocenters. The molecule has 0 radical (unpaired) electrons. The second kappa shape index (κ2) is 7.00. The van der Waals surface area contributed by atoms with Crippen molar-refractivity contribution in [2.45, 2.75) is 72.9 Å². The van der Waals surface area contributed by atoms with E-state index in [1.807, 2.05) is 25.7 Å². The second-order valence-electron chi connectivity index (χ2n) is 6.18. The van der Waals surface area contributed by atoms with Gasteiger partial charge in [-0.2, -0.15) is 0 Å². The van der Waals surface area contributed by atoms with Crippen molar-refractivity contribution in [3.05, 3.63) is 0 Å². The normalized spacial score (nSPS) is 13.9. The van der Waals surface area contributed by atoms with Crippen molar-refractivity contribution >= 4 is 5.91 Å². The average molecular weight is 242 g/mol. The van der Waals surface area contributed by atoms with Crippen LogP contribution in [-0.2, 0) is 4.79 Å². The molecule has 3 heteroatoms. The molecule has 1 amide bonds. The molecular formula is C14H30N2O. The van der Waals surface area contributed by atoms with Crippen molar-refractivity contribution in [2.24, 2.45) is 11.1 Å². The van der Waals surface area contributed by atoms with Gasteiger partial charge in [-0.25, -0.2) is 0 Å². The molecule has 0 aliphatic carbocycles. The summed E-state index contributed by atoms with van der Waals surface area (Å²) in [6.45, 7) is 13.1. The average Bonchev–Trinajstić information content (AvgIpc) is 2.20. The fourth-order valence-electron chi connectivity index (χ4n) is 1.70. The molecule has 0 aromatic carbocycles. The number of nitrogens with two attached hydrogens (primary N) is 1. The van der Waals surface area contributed by atoms with Gasteiger partial charge in [0, 0.05) is 12.6 Å². The summed E-state index contributed by atoms with van der Waals surface area (Å²) >= 11 is 0. The van der Waals surface area contributed by atoms with Crippen LogP contribution >= 0.6 is 0 Å². The van der Waals surface area contributed by atoms with Crippen LogP contribution in [0.5, 0.6) is 0 Å². The molecule has 17 heavy (non-hydrogen) atoms. The van der Waals surface area contributed by atoms with Gasteiger partial charge >= 0.3 is 0 Å². The number of hydrogen-bond donors (Lipinski definition) is 1. The summed E-state index contributed by atoms with van der Waals surface area (Å²) in [6.07, 6.45) is 3.41. The van der Waals surface area contributed by atoms with Crippen LogP contribution in [0, 0.1) is 5.41 Å². The van der Waals surface area contributed by atoms with Gasteiger partial charge in [-0.15, -0.1) is 0 Å². The zero-order valence-corrected chi connectivity index (χ0v) is 12.4. The lowest BCUT2D eigenvalue weighted by molar-refractivity contribution is -0.136. The Morgan fingerprint density at radius 3 is 2.12 bits per heavy atom. The summed E-state index contributed by atoms with van der Waals surface area (Å²) in [5, 5.41) is 0. The van der Waals surface area contributed by atoms with E-state index in [0.717, 1.165) is 13.0 Å². The highest BCUT2D eigenvalue weighted by atomic mass is 16.2. The van der Waals surface area contributed by atoms with Crippen LogP contribution in [0.4, 0.5) is 0 Å². The zero-order chi connectivity index (χ0) is 13.6. The molecule has 0 bridgehead atoms. The van der Waals surface area contributed by atoms with Gasteiger partial charge in [-0.3, -0.25) is 4.79 Å². The maximum absolute atomic E-state index is 12.3. The number of carbonyl (C=O) groups excluding carboxylic acids is 1. The van der Waals surface area contributed by atoms with E-state index in [4.69, 9.17) is 5.73 Å². The number of unbranched alkanes of at least 4 members (excludes halogenated alkanes) is 2. The topological polar surface area (TPSA) is 46.3 Å². The fraction of sp³-hybridized carbons (Fsp3) is 0.929. The summed E-state index contributed by atoms with van der Waals surface area (Å²) in [5.41, 5.74) is 5.87. The lowest BCUT2D eigenvalue weighted by atomic mass is 9.86. The Kier molecular flexibility index (Phi) is 6.76. The maximum atomic E-state index is 12.3. The quantitative estimate of drug-likeness (QED) is 0.728. The predicted molar refractivity (Wildman–Crippen MR) is 73.8 cm³/mol. The number of amides is 1. The van der Waals surface area contributed by atoms with Gasteiger partial charge < -0.3 is 10.6 Å². The molecule has 0 rings (SSSR count). The van der Waals surface area contributed by atoms with Crippen LogP contribution in [0.25, 0.3) is 0 Å². The smallest absolute Gasteiger partial charge is 0.240 e. The third-order valence-electron chi connectivity index (χ3n) is 3.11. The Hall–Kier alpha value is -0.570. The molecule has 0 fully saturated rings. The molecule has 3 nitrogen and oxygen atoms in total. The Labute approximate surface area is 107 Å². The van der Waals surface area contributed by atoms with Crippen molar-refractivity contribution in [1.29, 1.82) is 0 Å². The van der Waals surface area contributed by atoms with E-state index in [9.17, 15) is 4.79 Å². The summed E-state index contributed by atoms with van der Waals surface area (Å²) in [5.74, 6) is 0.0867. The predicted octanol–water partition coefficient (Wildman–Crippen LogP) is 2.79. The maximum Gasteiger partial charge on any atom is 0.240 e. The monoisotopic (exact) mass is 242 g/mol. The Balaban J connectivity index is 4.55. The van der Waals surface area contributed by atoms with Gasteiger partial charge in [-0.05, 0) is 25.7 Å². The largest absolute Gasteiger partial charge is 0.339 e. The van der Waals surface area contributed by atoms with E-state index in [-0.39, 0.29) is 17.4 Å². The third kappa shape index (κ3) is 5.53. The van der Waals surface area contributed by atoms with E-state index in [0.29, 0.717) is 0 Å². The van der Waals surface area contributed by atoms with Crippen molar-refractivity contribution in [3.8, 4) is 0 Å². The van der Waals surface area contributed by atoms with Gasteiger partial charge in [0.25, 0.3) is 0 Å².